The lowest BCUT2D eigenvalue weighted by molar-refractivity contribution is 0.0950. The Morgan fingerprint density at radius 1 is 1.44 bits per heavy atom. The predicted molar refractivity (Wildman–Crippen MR) is 54.1 cm³/mol. The van der Waals surface area contributed by atoms with Gasteiger partial charge in [-0.25, -0.2) is 0 Å². The average molecular weight is 226 g/mol. The highest BCUT2D eigenvalue weighted by atomic mass is 16.5. The molecule has 2 heterocycles. The molecule has 0 aliphatic carbocycles. The lowest BCUT2D eigenvalue weighted by Crippen LogP contribution is -2.31. The fourth-order valence-electron chi connectivity index (χ4n) is 1.67. The molecule has 0 radical (unpaired) electrons. The van der Waals surface area contributed by atoms with E-state index < -0.39 is 0 Å². The summed E-state index contributed by atoms with van der Waals surface area (Å²) in [5, 5.41) is 9.17. The Balaban J connectivity index is 2.15. The van der Waals surface area contributed by atoms with Crippen LogP contribution < -0.4 is 10.6 Å². The highest BCUT2D eigenvalue weighted by Gasteiger charge is 2.33. The molecule has 0 saturated carbocycles. The van der Waals surface area contributed by atoms with E-state index in [1.807, 2.05) is 7.05 Å². The summed E-state index contributed by atoms with van der Waals surface area (Å²) in [7, 11) is 3.37. The van der Waals surface area contributed by atoms with Crippen molar-refractivity contribution in [2.45, 2.75) is 12.0 Å². The summed E-state index contributed by atoms with van der Waals surface area (Å²) in [6, 6.07) is 0.151. The third-order valence-corrected chi connectivity index (χ3v) is 2.64. The van der Waals surface area contributed by atoms with Gasteiger partial charge in [-0.05, 0) is 7.05 Å². The zero-order chi connectivity index (χ0) is 11.5. The fourth-order valence-corrected chi connectivity index (χ4v) is 1.67. The number of nitrogens with one attached hydrogen (secondary N) is 2. The first-order valence-electron chi connectivity index (χ1n) is 5.07. The molecular weight excluding hydrogens is 212 g/mol. The second-order valence-electron chi connectivity index (χ2n) is 3.57. The second kappa shape index (κ2) is 4.58. The summed E-state index contributed by atoms with van der Waals surface area (Å²) in [6.45, 7) is 1.14. The van der Waals surface area contributed by atoms with E-state index in [0.29, 0.717) is 19.1 Å². The molecule has 1 aliphatic heterocycles. The standard InChI is InChI=1S/C9H14N4O3/c1-10-6-4-15-3-5(6)9-12-7(13-16-9)8(14)11-2/h5-6,10H,3-4H2,1-2H3,(H,11,14). The highest BCUT2D eigenvalue weighted by molar-refractivity contribution is 5.89. The third-order valence-electron chi connectivity index (χ3n) is 2.64. The molecule has 1 fully saturated rings. The minimum absolute atomic E-state index is 0.0101. The van der Waals surface area contributed by atoms with Crippen LogP contribution in [-0.4, -0.2) is 49.4 Å². The summed E-state index contributed by atoms with van der Waals surface area (Å²) in [4.78, 5) is 15.3. The van der Waals surface area contributed by atoms with E-state index in [1.54, 1.807) is 0 Å². The number of hydrogen-bond donors (Lipinski definition) is 2. The molecule has 7 nitrogen and oxygen atoms in total. The van der Waals surface area contributed by atoms with E-state index in [4.69, 9.17) is 9.26 Å². The lowest BCUT2D eigenvalue weighted by Gasteiger charge is -2.11. The zero-order valence-electron chi connectivity index (χ0n) is 9.19. The number of carbonyl (C=O) groups is 1. The summed E-state index contributed by atoms with van der Waals surface area (Å²) in [5.74, 6) is 0.153. The Morgan fingerprint density at radius 3 is 2.94 bits per heavy atom. The first kappa shape index (κ1) is 11.0. The largest absolute Gasteiger partial charge is 0.379 e. The van der Waals surface area contributed by atoms with Gasteiger partial charge in [0.25, 0.3) is 11.7 Å². The van der Waals surface area contributed by atoms with Crippen LogP contribution in [-0.2, 0) is 4.74 Å². The van der Waals surface area contributed by atoms with Crippen LogP contribution in [0.1, 0.15) is 22.4 Å². The number of rotatable bonds is 3. The van der Waals surface area contributed by atoms with Crippen LogP contribution in [0.4, 0.5) is 0 Å². The number of amides is 1. The van der Waals surface area contributed by atoms with Crippen LogP contribution in [0.15, 0.2) is 4.52 Å². The number of carbonyl (C=O) groups excluding carboxylic acids is 1. The first-order valence-corrected chi connectivity index (χ1v) is 5.07. The van der Waals surface area contributed by atoms with Gasteiger partial charge in [0.1, 0.15) is 0 Å². The molecule has 88 valence electrons. The maximum atomic E-state index is 11.2. The monoisotopic (exact) mass is 226 g/mol. The molecular formula is C9H14N4O3. The maximum Gasteiger partial charge on any atom is 0.292 e. The zero-order valence-corrected chi connectivity index (χ0v) is 9.19. The Labute approximate surface area is 92.5 Å². The Bertz CT molecular complexity index is 379. The summed E-state index contributed by atoms with van der Waals surface area (Å²) >= 11 is 0. The molecule has 0 aromatic carbocycles. The molecule has 1 amide bonds. The van der Waals surface area contributed by atoms with Crippen molar-refractivity contribution in [1.82, 2.24) is 20.8 Å². The van der Waals surface area contributed by atoms with Crippen LogP contribution in [0.2, 0.25) is 0 Å². The molecule has 2 rings (SSSR count). The molecule has 1 aromatic heterocycles. The van der Waals surface area contributed by atoms with E-state index in [-0.39, 0.29) is 23.7 Å². The first-order chi connectivity index (χ1) is 7.76. The Hall–Kier alpha value is -1.47. The van der Waals surface area contributed by atoms with Crippen molar-refractivity contribution >= 4 is 5.91 Å². The number of likely N-dealkylation sites (N-methyl/N-ethyl adjacent to an activating group) is 1. The lowest BCUT2D eigenvalue weighted by atomic mass is 10.0. The van der Waals surface area contributed by atoms with Gasteiger partial charge in [-0.3, -0.25) is 4.79 Å². The average Bonchev–Trinajstić information content (AvgIpc) is 2.95. The van der Waals surface area contributed by atoms with Crippen LogP contribution in [0.3, 0.4) is 0 Å². The Morgan fingerprint density at radius 2 is 2.25 bits per heavy atom. The smallest absolute Gasteiger partial charge is 0.292 e. The summed E-state index contributed by atoms with van der Waals surface area (Å²) in [6.07, 6.45) is 0. The van der Waals surface area contributed by atoms with E-state index in [0.717, 1.165) is 0 Å². The fraction of sp³-hybridized carbons (Fsp3) is 0.667. The van der Waals surface area contributed by atoms with Gasteiger partial charge in [0.05, 0.1) is 19.1 Å². The minimum Gasteiger partial charge on any atom is -0.379 e. The molecule has 0 spiro atoms. The molecule has 16 heavy (non-hydrogen) atoms. The molecule has 1 aromatic rings. The summed E-state index contributed by atoms with van der Waals surface area (Å²) in [5.41, 5.74) is 0. The molecule has 0 bridgehead atoms. The van der Waals surface area contributed by atoms with Crippen molar-refractivity contribution in [3.8, 4) is 0 Å². The van der Waals surface area contributed by atoms with Crippen LogP contribution in [0.25, 0.3) is 0 Å². The van der Waals surface area contributed by atoms with Gasteiger partial charge in [-0.15, -0.1) is 0 Å². The molecule has 2 atom stereocenters. The number of aromatic nitrogens is 2. The number of nitrogens with zero attached hydrogens (tertiary/aromatic N) is 2. The molecule has 2 N–H and O–H groups in total. The van der Waals surface area contributed by atoms with E-state index in [2.05, 4.69) is 20.8 Å². The van der Waals surface area contributed by atoms with Gasteiger partial charge in [0, 0.05) is 13.1 Å². The minimum atomic E-state index is -0.352. The van der Waals surface area contributed by atoms with Gasteiger partial charge in [0.15, 0.2) is 0 Å². The maximum absolute atomic E-state index is 11.2. The SMILES string of the molecule is CNC(=O)c1noc(C2COCC2NC)n1. The van der Waals surface area contributed by atoms with Crippen LogP contribution in [0.5, 0.6) is 0 Å². The van der Waals surface area contributed by atoms with Gasteiger partial charge in [0.2, 0.25) is 5.89 Å². The summed E-state index contributed by atoms with van der Waals surface area (Å²) < 4.78 is 10.4. The van der Waals surface area contributed by atoms with Gasteiger partial charge >= 0.3 is 0 Å². The van der Waals surface area contributed by atoms with Crippen molar-refractivity contribution in [2.24, 2.45) is 0 Å². The van der Waals surface area contributed by atoms with Crippen molar-refractivity contribution < 1.29 is 14.1 Å². The highest BCUT2D eigenvalue weighted by Crippen LogP contribution is 2.23. The molecule has 2 unspecified atom stereocenters. The van der Waals surface area contributed by atoms with Crippen LogP contribution in [0, 0.1) is 0 Å². The number of hydrogen-bond acceptors (Lipinski definition) is 6. The molecule has 1 aliphatic rings. The predicted octanol–water partition coefficient (Wildman–Crippen LogP) is -0.869. The number of ether oxygens (including phenoxy) is 1. The normalized spacial score (nSPS) is 24.6. The van der Waals surface area contributed by atoms with Crippen molar-refractivity contribution in [3.63, 3.8) is 0 Å². The van der Waals surface area contributed by atoms with Gasteiger partial charge in [-0.2, -0.15) is 4.98 Å². The van der Waals surface area contributed by atoms with Crippen LogP contribution >= 0.6 is 0 Å². The topological polar surface area (TPSA) is 89.3 Å². The quantitative estimate of drug-likeness (QED) is 0.696. The third kappa shape index (κ3) is 1.91. The van der Waals surface area contributed by atoms with Crippen molar-refractivity contribution in [1.29, 1.82) is 0 Å². The van der Waals surface area contributed by atoms with E-state index >= 15 is 0 Å². The molecule has 1 saturated heterocycles. The Kier molecular flexibility index (Phi) is 3.16. The van der Waals surface area contributed by atoms with E-state index in [1.165, 1.54) is 7.05 Å². The van der Waals surface area contributed by atoms with Gasteiger partial charge in [-0.1, -0.05) is 5.16 Å². The van der Waals surface area contributed by atoms with E-state index in [9.17, 15) is 4.79 Å². The molecule has 7 heteroatoms. The van der Waals surface area contributed by atoms with Gasteiger partial charge < -0.3 is 19.9 Å². The van der Waals surface area contributed by atoms with Crippen molar-refractivity contribution in [2.75, 3.05) is 27.3 Å². The van der Waals surface area contributed by atoms with Crippen molar-refractivity contribution in [3.05, 3.63) is 11.7 Å². The second-order valence-corrected chi connectivity index (χ2v) is 3.57.